The van der Waals surface area contributed by atoms with Crippen LogP contribution in [0.5, 0.6) is 0 Å². The predicted molar refractivity (Wildman–Crippen MR) is 104 cm³/mol. The van der Waals surface area contributed by atoms with Crippen LogP contribution in [0.15, 0.2) is 11.6 Å². The van der Waals surface area contributed by atoms with Crippen LogP contribution in [0.25, 0.3) is 0 Å². The van der Waals surface area contributed by atoms with Gasteiger partial charge in [0.15, 0.2) is 0 Å². The van der Waals surface area contributed by atoms with Gasteiger partial charge in [-0.25, -0.2) is 0 Å². The molecular formula is C24H38O2. The number of aliphatic hydroxyl groups excluding tert-OH is 2. The molecule has 9 unspecified atom stereocenters. The fourth-order valence-corrected chi connectivity index (χ4v) is 8.58. The van der Waals surface area contributed by atoms with E-state index < -0.39 is 0 Å². The first-order valence-corrected chi connectivity index (χ1v) is 11.7. The Kier molecular flexibility index (Phi) is 4.94. The van der Waals surface area contributed by atoms with Gasteiger partial charge in [0.25, 0.3) is 0 Å². The van der Waals surface area contributed by atoms with Crippen molar-refractivity contribution >= 4 is 0 Å². The fourth-order valence-electron chi connectivity index (χ4n) is 8.58. The van der Waals surface area contributed by atoms with Crippen molar-refractivity contribution in [3.63, 3.8) is 0 Å². The number of hydrogen-bond donors (Lipinski definition) is 2. The molecule has 9 atom stereocenters. The summed E-state index contributed by atoms with van der Waals surface area (Å²) in [6.07, 6.45) is 17.9. The van der Waals surface area contributed by atoms with Gasteiger partial charge >= 0.3 is 0 Å². The normalized spacial score (nSPS) is 50.7. The summed E-state index contributed by atoms with van der Waals surface area (Å²) < 4.78 is 0. The molecule has 4 saturated carbocycles. The highest BCUT2D eigenvalue weighted by molar-refractivity contribution is 5.18. The second-order valence-corrected chi connectivity index (χ2v) is 10.5. The van der Waals surface area contributed by atoms with Crippen LogP contribution in [-0.2, 0) is 0 Å². The quantitative estimate of drug-likeness (QED) is 0.711. The Labute approximate surface area is 159 Å². The number of rotatable bonds is 3. The van der Waals surface area contributed by atoms with E-state index in [-0.39, 0.29) is 6.61 Å². The molecule has 5 aliphatic rings. The molecule has 5 aliphatic carbocycles. The van der Waals surface area contributed by atoms with Crippen LogP contribution in [0.3, 0.4) is 0 Å². The number of allylic oxidation sites excluding steroid dienone is 1. The standard InChI is InChI=1S/C24H38O2/c25-13-15-10-16(14-26)12-20(11-15)21-8-6-19-5-4-17-2-1-3-18-7-9-22(21)24(19)23(17)18/h11,15-19,21-26H,1-10,12-14H2. The molecule has 0 aromatic rings. The van der Waals surface area contributed by atoms with Gasteiger partial charge < -0.3 is 10.2 Å². The van der Waals surface area contributed by atoms with Crippen LogP contribution in [0, 0.1) is 53.3 Å². The summed E-state index contributed by atoms with van der Waals surface area (Å²) in [6.45, 7) is 0.556. The Morgan fingerprint density at radius 1 is 0.769 bits per heavy atom. The molecule has 0 aliphatic heterocycles. The van der Waals surface area contributed by atoms with Gasteiger partial charge in [0.05, 0.1) is 0 Å². The van der Waals surface area contributed by atoms with Crippen LogP contribution < -0.4 is 0 Å². The largest absolute Gasteiger partial charge is 0.396 e. The molecule has 0 amide bonds. The van der Waals surface area contributed by atoms with E-state index in [4.69, 9.17) is 0 Å². The van der Waals surface area contributed by atoms with Crippen molar-refractivity contribution in [2.45, 2.75) is 70.6 Å². The molecule has 0 saturated heterocycles. The average Bonchev–Trinajstić information content (AvgIpc) is 2.71. The predicted octanol–water partition coefficient (Wildman–Crippen LogP) is 4.80. The fraction of sp³-hybridized carbons (Fsp3) is 0.917. The van der Waals surface area contributed by atoms with Crippen LogP contribution in [0.4, 0.5) is 0 Å². The van der Waals surface area contributed by atoms with Crippen LogP contribution in [-0.4, -0.2) is 23.4 Å². The minimum absolute atomic E-state index is 0.260. The molecule has 2 nitrogen and oxygen atoms in total. The van der Waals surface area contributed by atoms with Crippen molar-refractivity contribution in [3.05, 3.63) is 11.6 Å². The lowest BCUT2D eigenvalue weighted by Gasteiger charge is -2.59. The Balaban J connectivity index is 1.42. The molecule has 0 aromatic carbocycles. The van der Waals surface area contributed by atoms with Crippen LogP contribution >= 0.6 is 0 Å². The van der Waals surface area contributed by atoms with E-state index in [2.05, 4.69) is 6.08 Å². The second-order valence-electron chi connectivity index (χ2n) is 10.5. The van der Waals surface area contributed by atoms with Crippen molar-refractivity contribution in [1.82, 2.24) is 0 Å². The molecular weight excluding hydrogens is 320 g/mol. The highest BCUT2D eigenvalue weighted by Gasteiger charge is 2.53. The lowest BCUT2D eigenvalue weighted by atomic mass is 9.45. The van der Waals surface area contributed by atoms with Crippen LogP contribution in [0.2, 0.25) is 0 Å². The van der Waals surface area contributed by atoms with E-state index in [1.54, 1.807) is 5.57 Å². The molecule has 5 rings (SSSR count). The average molecular weight is 359 g/mol. The molecule has 26 heavy (non-hydrogen) atoms. The first-order valence-electron chi connectivity index (χ1n) is 11.7. The minimum atomic E-state index is 0.260. The van der Waals surface area contributed by atoms with E-state index in [1.165, 1.54) is 57.8 Å². The maximum atomic E-state index is 9.78. The van der Waals surface area contributed by atoms with E-state index in [1.807, 2.05) is 0 Å². The van der Waals surface area contributed by atoms with Crippen LogP contribution in [0.1, 0.15) is 70.6 Å². The van der Waals surface area contributed by atoms with E-state index in [9.17, 15) is 10.2 Å². The summed E-state index contributed by atoms with van der Waals surface area (Å²) in [5.41, 5.74) is 1.63. The molecule has 0 radical (unpaired) electrons. The van der Waals surface area contributed by atoms with Crippen molar-refractivity contribution in [2.24, 2.45) is 53.3 Å². The van der Waals surface area contributed by atoms with Crippen molar-refractivity contribution in [1.29, 1.82) is 0 Å². The Bertz CT molecular complexity index is 534. The third kappa shape index (κ3) is 2.91. The zero-order chi connectivity index (χ0) is 17.7. The first-order chi connectivity index (χ1) is 12.8. The summed E-state index contributed by atoms with van der Waals surface area (Å²) >= 11 is 0. The molecule has 2 heteroatoms. The monoisotopic (exact) mass is 358 g/mol. The summed E-state index contributed by atoms with van der Waals surface area (Å²) in [7, 11) is 0. The lowest BCUT2D eigenvalue weighted by Crippen LogP contribution is -2.52. The molecule has 146 valence electrons. The van der Waals surface area contributed by atoms with Gasteiger partial charge in [-0.15, -0.1) is 0 Å². The maximum absolute atomic E-state index is 9.78. The Morgan fingerprint density at radius 3 is 2.19 bits per heavy atom. The molecule has 0 spiro atoms. The highest BCUT2D eigenvalue weighted by Crippen LogP contribution is 2.62. The van der Waals surface area contributed by atoms with Gasteiger partial charge in [0.1, 0.15) is 0 Å². The third-order valence-electron chi connectivity index (χ3n) is 9.45. The molecule has 0 aromatic heterocycles. The Hall–Kier alpha value is -0.340. The minimum Gasteiger partial charge on any atom is -0.396 e. The van der Waals surface area contributed by atoms with E-state index in [0.29, 0.717) is 18.4 Å². The number of hydrogen-bond acceptors (Lipinski definition) is 2. The highest BCUT2D eigenvalue weighted by atomic mass is 16.3. The topological polar surface area (TPSA) is 40.5 Å². The van der Waals surface area contributed by atoms with Gasteiger partial charge in [-0.1, -0.05) is 30.9 Å². The van der Waals surface area contributed by atoms with Crippen molar-refractivity contribution in [3.8, 4) is 0 Å². The zero-order valence-electron chi connectivity index (χ0n) is 16.4. The van der Waals surface area contributed by atoms with Gasteiger partial charge in [-0.3, -0.25) is 0 Å². The van der Waals surface area contributed by atoms with Gasteiger partial charge in [0.2, 0.25) is 0 Å². The van der Waals surface area contributed by atoms with Crippen molar-refractivity contribution in [2.75, 3.05) is 13.2 Å². The second kappa shape index (κ2) is 7.24. The first kappa shape index (κ1) is 17.7. The summed E-state index contributed by atoms with van der Waals surface area (Å²) in [5, 5.41) is 19.6. The smallest absolute Gasteiger partial charge is 0.0494 e. The third-order valence-corrected chi connectivity index (χ3v) is 9.45. The molecule has 0 heterocycles. The summed E-state index contributed by atoms with van der Waals surface area (Å²) in [5.74, 6) is 7.53. The molecule has 0 bridgehead atoms. The van der Waals surface area contributed by atoms with Gasteiger partial charge in [-0.05, 0) is 98.7 Å². The summed E-state index contributed by atoms with van der Waals surface area (Å²) in [6, 6.07) is 0. The van der Waals surface area contributed by atoms with Gasteiger partial charge in [-0.2, -0.15) is 0 Å². The van der Waals surface area contributed by atoms with Gasteiger partial charge in [0, 0.05) is 19.1 Å². The zero-order valence-corrected chi connectivity index (χ0v) is 16.4. The summed E-state index contributed by atoms with van der Waals surface area (Å²) in [4.78, 5) is 0. The van der Waals surface area contributed by atoms with E-state index >= 15 is 0 Å². The molecule has 4 fully saturated rings. The van der Waals surface area contributed by atoms with Crippen molar-refractivity contribution < 1.29 is 10.2 Å². The van der Waals surface area contributed by atoms with E-state index in [0.717, 1.165) is 54.3 Å². The Morgan fingerprint density at radius 2 is 1.46 bits per heavy atom. The maximum Gasteiger partial charge on any atom is 0.0494 e. The molecule has 2 N–H and O–H groups in total. The lowest BCUT2D eigenvalue weighted by molar-refractivity contribution is -0.0916. The SMILES string of the molecule is OCC1C=C(C2CCC3CCC4CCCC5CCC2C3C45)CC(CO)C1. The number of aliphatic hydroxyl groups is 2.